The van der Waals surface area contributed by atoms with Gasteiger partial charge in [-0.15, -0.1) is 0 Å². The Labute approximate surface area is 180 Å². The van der Waals surface area contributed by atoms with E-state index in [0.717, 1.165) is 41.2 Å². The van der Waals surface area contributed by atoms with E-state index < -0.39 is 5.54 Å². The summed E-state index contributed by atoms with van der Waals surface area (Å²) in [4.78, 5) is 17.2. The number of piperazine rings is 1. The zero-order valence-corrected chi connectivity index (χ0v) is 18.6. The fourth-order valence-corrected chi connectivity index (χ4v) is 3.74. The second-order valence-corrected chi connectivity index (χ2v) is 8.29. The molecule has 160 valence electrons. The monoisotopic (exact) mass is 407 g/mol. The Kier molecular flexibility index (Phi) is 6.70. The standard InChI is InChI=1S/C25H33N3O2/c1-6-30-23-13-8-7-12-22(23)27-14-16-28(17-15-27)24(29)26-25(4,5)21-11-9-10-20(18-21)19(2)3/h7-13,18H,2,6,14-17H2,1,3-5H3,(H,26,29). The lowest BCUT2D eigenvalue weighted by Crippen LogP contribution is -2.55. The average Bonchev–Trinajstić information content (AvgIpc) is 2.74. The minimum Gasteiger partial charge on any atom is -0.492 e. The second kappa shape index (κ2) is 9.24. The molecule has 0 unspecified atom stereocenters. The largest absolute Gasteiger partial charge is 0.492 e. The molecule has 0 saturated carbocycles. The first kappa shape index (κ1) is 21.8. The summed E-state index contributed by atoms with van der Waals surface area (Å²) in [5.41, 5.74) is 3.80. The number of carbonyl (C=O) groups excluding carboxylic acids is 1. The zero-order chi connectivity index (χ0) is 21.7. The van der Waals surface area contributed by atoms with Crippen molar-refractivity contribution in [3.05, 3.63) is 66.2 Å². The molecule has 3 rings (SSSR count). The maximum Gasteiger partial charge on any atom is 0.318 e. The number of nitrogens with one attached hydrogen (secondary N) is 1. The maximum absolute atomic E-state index is 13.0. The number of allylic oxidation sites excluding steroid dienone is 1. The molecule has 5 heteroatoms. The van der Waals surface area contributed by atoms with Gasteiger partial charge in [0.1, 0.15) is 5.75 Å². The van der Waals surface area contributed by atoms with Crippen LogP contribution in [0.15, 0.2) is 55.1 Å². The molecule has 0 bridgehead atoms. The molecule has 1 fully saturated rings. The summed E-state index contributed by atoms with van der Waals surface area (Å²) < 4.78 is 5.77. The minimum atomic E-state index is -0.471. The van der Waals surface area contributed by atoms with Crippen LogP contribution in [0.25, 0.3) is 5.57 Å². The summed E-state index contributed by atoms with van der Waals surface area (Å²) in [5.74, 6) is 0.899. The van der Waals surface area contributed by atoms with Crippen LogP contribution in [-0.2, 0) is 5.54 Å². The Bertz CT molecular complexity index is 899. The highest BCUT2D eigenvalue weighted by Gasteiger charge is 2.28. The Morgan fingerprint density at radius 2 is 1.80 bits per heavy atom. The topological polar surface area (TPSA) is 44.8 Å². The highest BCUT2D eigenvalue weighted by atomic mass is 16.5. The van der Waals surface area contributed by atoms with Crippen molar-refractivity contribution in [3.63, 3.8) is 0 Å². The van der Waals surface area contributed by atoms with Crippen LogP contribution in [0, 0.1) is 0 Å². The molecular weight excluding hydrogens is 374 g/mol. The number of carbonyl (C=O) groups is 1. The van der Waals surface area contributed by atoms with Gasteiger partial charge in [-0.2, -0.15) is 0 Å². The van der Waals surface area contributed by atoms with E-state index in [4.69, 9.17) is 4.74 Å². The molecule has 2 aromatic rings. The third-order valence-electron chi connectivity index (χ3n) is 5.57. The summed E-state index contributed by atoms with van der Waals surface area (Å²) in [6, 6.07) is 16.3. The predicted octanol–water partition coefficient (Wildman–Crippen LogP) is 4.89. The number of ether oxygens (including phenoxy) is 1. The van der Waals surface area contributed by atoms with Gasteiger partial charge in [0.25, 0.3) is 0 Å². The number of nitrogens with zero attached hydrogens (tertiary/aromatic N) is 2. The predicted molar refractivity (Wildman–Crippen MR) is 124 cm³/mol. The molecular formula is C25H33N3O2. The fourth-order valence-electron chi connectivity index (χ4n) is 3.74. The van der Waals surface area contributed by atoms with Crippen LogP contribution in [-0.4, -0.2) is 43.7 Å². The molecule has 0 aliphatic carbocycles. The van der Waals surface area contributed by atoms with E-state index in [0.29, 0.717) is 19.7 Å². The summed E-state index contributed by atoms with van der Waals surface area (Å²) >= 11 is 0. The number of anilines is 1. The molecule has 2 amide bonds. The second-order valence-electron chi connectivity index (χ2n) is 8.29. The van der Waals surface area contributed by atoms with Crippen molar-refractivity contribution in [2.45, 2.75) is 33.2 Å². The molecule has 1 aliphatic heterocycles. The molecule has 5 nitrogen and oxygen atoms in total. The van der Waals surface area contributed by atoms with Crippen LogP contribution in [0.2, 0.25) is 0 Å². The highest BCUT2D eigenvalue weighted by Crippen LogP contribution is 2.29. The average molecular weight is 408 g/mol. The van der Waals surface area contributed by atoms with Gasteiger partial charge >= 0.3 is 6.03 Å². The molecule has 0 aromatic heterocycles. The lowest BCUT2D eigenvalue weighted by atomic mass is 9.92. The van der Waals surface area contributed by atoms with Gasteiger partial charge in [-0.1, -0.05) is 42.5 Å². The van der Waals surface area contributed by atoms with Gasteiger partial charge in [0.2, 0.25) is 0 Å². The summed E-state index contributed by atoms with van der Waals surface area (Å²) in [7, 11) is 0. The van der Waals surface area contributed by atoms with E-state index in [-0.39, 0.29) is 6.03 Å². The van der Waals surface area contributed by atoms with Gasteiger partial charge in [-0.3, -0.25) is 0 Å². The van der Waals surface area contributed by atoms with Crippen molar-refractivity contribution in [2.75, 3.05) is 37.7 Å². The van der Waals surface area contributed by atoms with Gasteiger partial charge in [0.05, 0.1) is 17.8 Å². The van der Waals surface area contributed by atoms with Crippen LogP contribution in [0.5, 0.6) is 5.75 Å². The van der Waals surface area contributed by atoms with E-state index >= 15 is 0 Å². The highest BCUT2D eigenvalue weighted by molar-refractivity contribution is 5.76. The van der Waals surface area contributed by atoms with Crippen molar-refractivity contribution in [1.29, 1.82) is 0 Å². The number of amides is 2. The fraction of sp³-hybridized carbons (Fsp3) is 0.400. The Morgan fingerprint density at radius 3 is 2.47 bits per heavy atom. The molecule has 0 radical (unpaired) electrons. The normalized spacial score (nSPS) is 14.4. The quantitative estimate of drug-likeness (QED) is 0.742. The van der Waals surface area contributed by atoms with Crippen LogP contribution in [0.1, 0.15) is 38.8 Å². The lowest BCUT2D eigenvalue weighted by Gasteiger charge is -2.38. The number of benzene rings is 2. The zero-order valence-electron chi connectivity index (χ0n) is 18.6. The van der Waals surface area contributed by atoms with E-state index in [1.54, 1.807) is 0 Å². The van der Waals surface area contributed by atoms with Crippen LogP contribution in [0.4, 0.5) is 10.5 Å². The number of rotatable bonds is 6. The van der Waals surface area contributed by atoms with Gasteiger partial charge < -0.3 is 19.9 Å². The molecule has 1 saturated heterocycles. The third-order valence-corrected chi connectivity index (χ3v) is 5.57. The first-order chi connectivity index (χ1) is 14.3. The van der Waals surface area contributed by atoms with E-state index in [2.05, 4.69) is 35.0 Å². The van der Waals surface area contributed by atoms with Crippen molar-refractivity contribution in [1.82, 2.24) is 10.2 Å². The maximum atomic E-state index is 13.0. The molecule has 30 heavy (non-hydrogen) atoms. The molecule has 1 heterocycles. The van der Waals surface area contributed by atoms with Gasteiger partial charge in [0, 0.05) is 26.2 Å². The van der Waals surface area contributed by atoms with Crippen molar-refractivity contribution in [2.24, 2.45) is 0 Å². The Balaban J connectivity index is 1.63. The molecule has 0 spiro atoms. The Morgan fingerprint density at radius 1 is 1.10 bits per heavy atom. The smallest absolute Gasteiger partial charge is 0.318 e. The molecule has 1 aliphatic rings. The number of para-hydroxylation sites is 2. The number of hydrogen-bond donors (Lipinski definition) is 1. The van der Waals surface area contributed by atoms with Gasteiger partial charge in [-0.25, -0.2) is 4.79 Å². The van der Waals surface area contributed by atoms with Crippen molar-refractivity contribution >= 4 is 17.3 Å². The summed E-state index contributed by atoms with van der Waals surface area (Å²) in [6.07, 6.45) is 0. The third kappa shape index (κ3) is 4.96. The first-order valence-electron chi connectivity index (χ1n) is 10.6. The number of urea groups is 1. The van der Waals surface area contributed by atoms with Crippen molar-refractivity contribution < 1.29 is 9.53 Å². The van der Waals surface area contributed by atoms with E-state index in [1.807, 2.05) is 62.9 Å². The van der Waals surface area contributed by atoms with Crippen LogP contribution < -0.4 is 15.0 Å². The van der Waals surface area contributed by atoms with Crippen LogP contribution >= 0.6 is 0 Å². The van der Waals surface area contributed by atoms with Crippen molar-refractivity contribution in [3.8, 4) is 5.75 Å². The van der Waals surface area contributed by atoms with E-state index in [1.165, 1.54) is 0 Å². The minimum absolute atomic E-state index is 0.0292. The SMILES string of the molecule is C=C(C)c1cccc(C(C)(C)NC(=O)N2CCN(c3ccccc3OCC)CC2)c1. The van der Waals surface area contributed by atoms with Gasteiger partial charge in [-0.05, 0) is 57.0 Å². The number of hydrogen-bond acceptors (Lipinski definition) is 3. The Hall–Kier alpha value is -2.95. The first-order valence-corrected chi connectivity index (χ1v) is 10.6. The molecule has 2 aromatic carbocycles. The summed E-state index contributed by atoms with van der Waals surface area (Å²) in [5, 5.41) is 3.21. The summed E-state index contributed by atoms with van der Waals surface area (Å²) in [6.45, 7) is 15.6. The van der Waals surface area contributed by atoms with Crippen LogP contribution in [0.3, 0.4) is 0 Å². The van der Waals surface area contributed by atoms with E-state index in [9.17, 15) is 4.79 Å². The molecule has 1 N–H and O–H groups in total. The molecule has 0 atom stereocenters. The van der Waals surface area contributed by atoms with Gasteiger partial charge in [0.15, 0.2) is 0 Å². The lowest BCUT2D eigenvalue weighted by molar-refractivity contribution is 0.183.